The molecule has 0 unspecified atom stereocenters. The number of anilines is 1. The minimum absolute atomic E-state index is 0.0176. The number of nitrogens with one attached hydrogen (secondary N) is 2. The smallest absolute Gasteiger partial charge is 0.241 e. The van der Waals surface area contributed by atoms with Crippen molar-refractivity contribution in [2.75, 3.05) is 18.4 Å². The van der Waals surface area contributed by atoms with E-state index in [-0.39, 0.29) is 5.91 Å². The van der Waals surface area contributed by atoms with E-state index in [0.29, 0.717) is 12.4 Å². The van der Waals surface area contributed by atoms with Crippen molar-refractivity contribution in [1.82, 2.24) is 10.3 Å². The normalized spacial score (nSPS) is 26.9. The number of carbonyl (C=O) groups is 1. The number of hydrogen-bond donors (Lipinski definition) is 2. The number of nitrogens with zero attached hydrogens (tertiary/aromatic N) is 1. The van der Waals surface area contributed by atoms with Crippen LogP contribution >= 0.6 is 0 Å². The van der Waals surface area contributed by atoms with Crippen LogP contribution in [0, 0.1) is 6.92 Å². The van der Waals surface area contributed by atoms with Gasteiger partial charge in [-0.1, -0.05) is 18.2 Å². The van der Waals surface area contributed by atoms with E-state index in [9.17, 15) is 4.79 Å². The van der Waals surface area contributed by atoms with E-state index in [4.69, 9.17) is 0 Å². The van der Waals surface area contributed by atoms with Gasteiger partial charge >= 0.3 is 0 Å². The number of aromatic nitrogens is 1. The van der Waals surface area contributed by atoms with Gasteiger partial charge in [-0.3, -0.25) is 4.79 Å². The van der Waals surface area contributed by atoms with Crippen LogP contribution in [0.1, 0.15) is 11.3 Å². The lowest BCUT2D eigenvalue weighted by Crippen LogP contribution is -2.44. The summed E-state index contributed by atoms with van der Waals surface area (Å²) >= 11 is 0. The van der Waals surface area contributed by atoms with Crippen LogP contribution in [0.5, 0.6) is 0 Å². The van der Waals surface area contributed by atoms with Gasteiger partial charge in [0.15, 0.2) is 0 Å². The molecule has 2 aliphatic heterocycles. The van der Waals surface area contributed by atoms with Gasteiger partial charge in [0.05, 0.1) is 0 Å². The molecule has 3 rings (SSSR count). The molecule has 4 heteroatoms. The standard InChI is InChI=1S/C12H13N3O/c1-8-3-4-9-10(14-8)15-11(16)12(9)5-2-6-13-7-12/h2-5,13H,6-7H2,1H3,(H,14,15,16)/t12-/m1/s1. The van der Waals surface area contributed by atoms with Crippen LogP contribution < -0.4 is 10.6 Å². The van der Waals surface area contributed by atoms with Crippen molar-refractivity contribution < 1.29 is 4.79 Å². The molecule has 1 spiro atoms. The Bertz CT molecular complexity index is 495. The third-order valence-electron chi connectivity index (χ3n) is 3.22. The van der Waals surface area contributed by atoms with Gasteiger partial charge in [-0.05, 0) is 13.0 Å². The van der Waals surface area contributed by atoms with E-state index < -0.39 is 5.41 Å². The molecule has 0 bridgehead atoms. The summed E-state index contributed by atoms with van der Waals surface area (Å²) in [7, 11) is 0. The molecule has 1 aromatic rings. The van der Waals surface area contributed by atoms with Crippen molar-refractivity contribution >= 4 is 11.7 Å². The highest BCUT2D eigenvalue weighted by atomic mass is 16.2. The number of carbonyl (C=O) groups excluding carboxylic acids is 1. The molecular weight excluding hydrogens is 202 g/mol. The number of rotatable bonds is 0. The molecule has 0 fully saturated rings. The Hall–Kier alpha value is -1.68. The Morgan fingerprint density at radius 1 is 1.44 bits per heavy atom. The molecule has 2 N–H and O–H groups in total. The van der Waals surface area contributed by atoms with E-state index in [2.05, 4.69) is 15.6 Å². The van der Waals surface area contributed by atoms with Crippen LogP contribution in [0.2, 0.25) is 0 Å². The van der Waals surface area contributed by atoms with Crippen LogP contribution in [-0.2, 0) is 10.2 Å². The summed E-state index contributed by atoms with van der Waals surface area (Å²) in [6.45, 7) is 3.39. The average molecular weight is 215 g/mol. The van der Waals surface area contributed by atoms with E-state index in [1.807, 2.05) is 31.2 Å². The quantitative estimate of drug-likeness (QED) is 0.628. The van der Waals surface area contributed by atoms with Crippen molar-refractivity contribution in [3.8, 4) is 0 Å². The highest BCUT2D eigenvalue weighted by Gasteiger charge is 2.46. The lowest BCUT2D eigenvalue weighted by atomic mass is 9.80. The molecule has 1 aromatic heterocycles. The number of amides is 1. The first kappa shape index (κ1) is 9.54. The van der Waals surface area contributed by atoms with Crippen LogP contribution in [0.3, 0.4) is 0 Å². The van der Waals surface area contributed by atoms with Crippen molar-refractivity contribution in [3.63, 3.8) is 0 Å². The summed E-state index contributed by atoms with van der Waals surface area (Å²) in [5.41, 5.74) is 1.35. The summed E-state index contributed by atoms with van der Waals surface area (Å²) in [4.78, 5) is 16.4. The average Bonchev–Trinajstić information content (AvgIpc) is 2.53. The highest BCUT2D eigenvalue weighted by molar-refractivity contribution is 6.07. The van der Waals surface area contributed by atoms with Crippen molar-refractivity contribution in [2.24, 2.45) is 0 Å². The highest BCUT2D eigenvalue weighted by Crippen LogP contribution is 2.38. The number of pyridine rings is 1. The summed E-state index contributed by atoms with van der Waals surface area (Å²) in [6.07, 6.45) is 3.99. The molecule has 4 nitrogen and oxygen atoms in total. The topological polar surface area (TPSA) is 54.0 Å². The van der Waals surface area contributed by atoms with Gasteiger partial charge in [0.25, 0.3) is 0 Å². The summed E-state index contributed by atoms with van der Waals surface area (Å²) < 4.78 is 0. The van der Waals surface area contributed by atoms with Gasteiger partial charge in [0, 0.05) is 24.3 Å². The molecule has 82 valence electrons. The van der Waals surface area contributed by atoms with E-state index in [1.165, 1.54) is 0 Å². The third-order valence-corrected chi connectivity index (χ3v) is 3.22. The summed E-state index contributed by atoms with van der Waals surface area (Å²) in [5.74, 6) is 0.724. The molecule has 0 saturated carbocycles. The van der Waals surface area contributed by atoms with Crippen LogP contribution in [0.25, 0.3) is 0 Å². The zero-order chi connectivity index (χ0) is 11.2. The zero-order valence-electron chi connectivity index (χ0n) is 9.08. The second kappa shape index (κ2) is 3.15. The lowest BCUT2D eigenvalue weighted by molar-refractivity contribution is -0.119. The lowest BCUT2D eigenvalue weighted by Gasteiger charge is -2.26. The molecule has 0 saturated heterocycles. The Morgan fingerprint density at radius 3 is 3.06 bits per heavy atom. The fraction of sp³-hybridized carbons (Fsp3) is 0.333. The fourth-order valence-corrected chi connectivity index (χ4v) is 2.37. The summed E-state index contributed by atoms with van der Waals surface area (Å²) in [6, 6.07) is 3.94. The van der Waals surface area contributed by atoms with Gasteiger partial charge in [-0.2, -0.15) is 0 Å². The Morgan fingerprint density at radius 2 is 2.31 bits per heavy atom. The summed E-state index contributed by atoms with van der Waals surface area (Å²) in [5, 5.41) is 6.09. The van der Waals surface area contributed by atoms with Crippen LogP contribution in [-0.4, -0.2) is 24.0 Å². The molecule has 2 aliphatic rings. The zero-order valence-corrected chi connectivity index (χ0v) is 9.08. The molecule has 1 atom stereocenters. The number of hydrogen-bond acceptors (Lipinski definition) is 3. The van der Waals surface area contributed by atoms with Crippen LogP contribution in [0.4, 0.5) is 5.82 Å². The van der Waals surface area contributed by atoms with Crippen molar-refractivity contribution in [2.45, 2.75) is 12.3 Å². The molecule has 0 radical (unpaired) electrons. The Balaban J connectivity index is 2.19. The first-order valence-corrected chi connectivity index (χ1v) is 5.40. The SMILES string of the molecule is Cc1ccc2c(n1)NC(=O)[C@@]21C=CCNC1. The van der Waals surface area contributed by atoms with Gasteiger partial charge in [0.2, 0.25) is 5.91 Å². The molecular formula is C12H13N3O. The molecule has 3 heterocycles. The maximum Gasteiger partial charge on any atom is 0.241 e. The van der Waals surface area contributed by atoms with Crippen molar-refractivity contribution in [1.29, 1.82) is 0 Å². The second-order valence-corrected chi connectivity index (χ2v) is 4.31. The molecule has 0 aromatic carbocycles. The maximum absolute atomic E-state index is 12.1. The Kier molecular flexibility index (Phi) is 1.88. The van der Waals surface area contributed by atoms with Crippen LogP contribution in [0.15, 0.2) is 24.3 Å². The van der Waals surface area contributed by atoms with E-state index >= 15 is 0 Å². The molecule has 1 amide bonds. The largest absolute Gasteiger partial charge is 0.312 e. The van der Waals surface area contributed by atoms with Gasteiger partial charge in [0.1, 0.15) is 11.2 Å². The maximum atomic E-state index is 12.1. The monoisotopic (exact) mass is 215 g/mol. The predicted molar refractivity (Wildman–Crippen MR) is 61.3 cm³/mol. The Labute approximate surface area is 93.8 Å². The number of fused-ring (bicyclic) bond motifs is 2. The van der Waals surface area contributed by atoms with E-state index in [0.717, 1.165) is 17.8 Å². The van der Waals surface area contributed by atoms with Gasteiger partial charge in [-0.15, -0.1) is 0 Å². The van der Waals surface area contributed by atoms with Gasteiger partial charge in [-0.25, -0.2) is 4.98 Å². The molecule has 16 heavy (non-hydrogen) atoms. The van der Waals surface area contributed by atoms with E-state index in [1.54, 1.807) is 0 Å². The van der Waals surface area contributed by atoms with Gasteiger partial charge < -0.3 is 10.6 Å². The predicted octanol–water partition coefficient (Wildman–Crippen LogP) is 0.739. The third kappa shape index (κ3) is 1.13. The number of aryl methyl sites for hydroxylation is 1. The minimum Gasteiger partial charge on any atom is -0.312 e. The first-order valence-electron chi connectivity index (χ1n) is 5.40. The molecule has 0 aliphatic carbocycles. The van der Waals surface area contributed by atoms with Crippen molar-refractivity contribution in [3.05, 3.63) is 35.5 Å². The first-order chi connectivity index (χ1) is 7.72. The second-order valence-electron chi connectivity index (χ2n) is 4.31. The minimum atomic E-state index is -0.547. The fourth-order valence-electron chi connectivity index (χ4n) is 2.37.